The van der Waals surface area contributed by atoms with Crippen LogP contribution in [-0.2, 0) is 9.59 Å². The third-order valence-electron chi connectivity index (χ3n) is 3.23. The van der Waals surface area contributed by atoms with Crippen LogP contribution in [0.3, 0.4) is 0 Å². The lowest BCUT2D eigenvalue weighted by Crippen LogP contribution is -2.52. The molecule has 0 spiro atoms. The lowest BCUT2D eigenvalue weighted by molar-refractivity contribution is -0.122. The maximum absolute atomic E-state index is 12.7. The molecule has 2 rings (SSSR count). The zero-order valence-electron chi connectivity index (χ0n) is 11.9. The second-order valence-corrected chi connectivity index (χ2v) is 7.29. The van der Waals surface area contributed by atoms with Gasteiger partial charge < -0.3 is 5.32 Å². The third kappa shape index (κ3) is 3.54. The van der Waals surface area contributed by atoms with E-state index >= 15 is 0 Å². The van der Waals surface area contributed by atoms with Gasteiger partial charge in [-0.2, -0.15) is 5.10 Å². The van der Waals surface area contributed by atoms with Gasteiger partial charge in [0.1, 0.15) is 5.92 Å². The predicted octanol–water partition coefficient (Wildman–Crippen LogP) is 2.90. The van der Waals surface area contributed by atoms with Crippen LogP contribution in [0, 0.1) is 5.92 Å². The molecule has 2 amide bonds. The minimum absolute atomic E-state index is 0.353. The summed E-state index contributed by atoms with van der Waals surface area (Å²) in [6.45, 7) is 2.96. The zero-order valence-corrected chi connectivity index (χ0v) is 14.2. The first kappa shape index (κ1) is 17.1. The van der Waals surface area contributed by atoms with E-state index in [1.165, 1.54) is 11.9 Å². The van der Waals surface area contributed by atoms with Crippen LogP contribution in [0.25, 0.3) is 0 Å². The van der Waals surface area contributed by atoms with Crippen molar-refractivity contribution in [3.63, 3.8) is 0 Å². The Kier molecular flexibility index (Phi) is 5.00. The summed E-state index contributed by atoms with van der Waals surface area (Å²) in [5.41, 5.74) is 1.08. The molecule has 0 radical (unpaired) electrons. The quantitative estimate of drug-likeness (QED) is 0.840. The number of alkyl halides is 3. The number of carbonyl (C=O) groups excluding carboxylic acids is 2. The molecule has 5 nitrogen and oxygen atoms in total. The summed E-state index contributed by atoms with van der Waals surface area (Å²) in [6.07, 6.45) is 0. The van der Waals surface area contributed by atoms with Crippen LogP contribution >= 0.6 is 34.8 Å². The molecule has 0 bridgehead atoms. The molecule has 1 aromatic rings. The summed E-state index contributed by atoms with van der Waals surface area (Å²) >= 11 is 17.8. The SMILES string of the molecule is CC(=O)N[C@@H]([C@H]1C(=O)N(c2ccccc2)N=C1C)C(Cl)(Cl)Cl. The van der Waals surface area contributed by atoms with Gasteiger partial charge in [0, 0.05) is 6.92 Å². The molecule has 0 saturated carbocycles. The van der Waals surface area contributed by atoms with Crippen molar-refractivity contribution in [3.05, 3.63) is 30.3 Å². The van der Waals surface area contributed by atoms with E-state index in [0.29, 0.717) is 11.4 Å². The highest BCUT2D eigenvalue weighted by Crippen LogP contribution is 2.37. The third-order valence-corrected chi connectivity index (χ3v) is 3.93. The Morgan fingerprint density at radius 2 is 1.91 bits per heavy atom. The average molecular weight is 363 g/mol. The number of hydrogen-bond donors (Lipinski definition) is 1. The van der Waals surface area contributed by atoms with E-state index in [0.717, 1.165) is 0 Å². The molecule has 2 atom stereocenters. The fourth-order valence-electron chi connectivity index (χ4n) is 2.29. The molecule has 0 unspecified atom stereocenters. The van der Waals surface area contributed by atoms with Crippen molar-refractivity contribution >= 4 is 58.0 Å². The topological polar surface area (TPSA) is 61.8 Å². The molecular formula is C14H14Cl3N3O2. The van der Waals surface area contributed by atoms with Gasteiger partial charge in [-0.25, -0.2) is 5.01 Å². The van der Waals surface area contributed by atoms with E-state index in [2.05, 4.69) is 10.4 Å². The van der Waals surface area contributed by atoms with Crippen LogP contribution in [0.4, 0.5) is 5.69 Å². The van der Waals surface area contributed by atoms with Crippen molar-refractivity contribution in [3.8, 4) is 0 Å². The van der Waals surface area contributed by atoms with Gasteiger partial charge in [-0.05, 0) is 19.1 Å². The minimum atomic E-state index is -1.84. The van der Waals surface area contributed by atoms with Crippen LogP contribution in [0.5, 0.6) is 0 Å². The summed E-state index contributed by atoms with van der Waals surface area (Å²) in [5.74, 6) is -1.58. The number of carbonyl (C=O) groups is 2. The van der Waals surface area contributed by atoms with Crippen LogP contribution in [0.15, 0.2) is 35.4 Å². The fraction of sp³-hybridized carbons (Fsp3) is 0.357. The molecule has 1 aromatic carbocycles. The lowest BCUT2D eigenvalue weighted by atomic mass is 9.95. The number of halogens is 3. The Morgan fingerprint density at radius 1 is 1.32 bits per heavy atom. The van der Waals surface area contributed by atoms with Gasteiger partial charge in [0.05, 0.1) is 17.4 Å². The molecule has 22 heavy (non-hydrogen) atoms. The van der Waals surface area contributed by atoms with Crippen LogP contribution < -0.4 is 10.3 Å². The number of anilines is 1. The highest BCUT2D eigenvalue weighted by Gasteiger charge is 2.48. The summed E-state index contributed by atoms with van der Waals surface area (Å²) in [5, 5.41) is 8.02. The fourth-order valence-corrected chi connectivity index (χ4v) is 2.83. The highest BCUT2D eigenvalue weighted by atomic mass is 35.6. The average Bonchev–Trinajstić information content (AvgIpc) is 2.71. The van der Waals surface area contributed by atoms with Gasteiger partial charge >= 0.3 is 0 Å². The molecule has 1 heterocycles. The van der Waals surface area contributed by atoms with Gasteiger partial charge in [0.25, 0.3) is 5.91 Å². The smallest absolute Gasteiger partial charge is 0.258 e. The number of nitrogens with one attached hydrogen (secondary N) is 1. The molecule has 1 aliphatic rings. The van der Waals surface area contributed by atoms with Crippen molar-refractivity contribution in [2.24, 2.45) is 11.0 Å². The number of hydrazone groups is 1. The van der Waals surface area contributed by atoms with E-state index < -0.39 is 21.7 Å². The van der Waals surface area contributed by atoms with E-state index in [4.69, 9.17) is 34.8 Å². The Balaban J connectivity index is 2.34. The maximum atomic E-state index is 12.7. The molecule has 1 aliphatic heterocycles. The molecule has 0 aliphatic carbocycles. The van der Waals surface area contributed by atoms with Gasteiger partial charge in [-0.3, -0.25) is 9.59 Å². The summed E-state index contributed by atoms with van der Waals surface area (Å²) in [7, 11) is 0. The van der Waals surface area contributed by atoms with E-state index in [-0.39, 0.29) is 5.91 Å². The Hall–Kier alpha value is -1.30. The van der Waals surface area contributed by atoms with E-state index in [1.807, 2.05) is 6.07 Å². The molecule has 118 valence electrons. The molecule has 0 saturated heterocycles. The molecule has 1 N–H and O–H groups in total. The number of rotatable bonds is 3. The van der Waals surface area contributed by atoms with Gasteiger partial charge in [0.2, 0.25) is 9.70 Å². The first-order valence-corrected chi connectivity index (χ1v) is 7.63. The standard InChI is InChI=1S/C14H14Cl3N3O2/c1-8-11(12(14(15,16)17)18-9(2)21)13(22)20(19-8)10-6-4-3-5-7-10/h3-7,11-12H,1-2H3,(H,18,21)/t11-,12-/m0/s1. The Bertz CT molecular complexity index is 614. The molecule has 8 heteroatoms. The van der Waals surface area contributed by atoms with E-state index in [1.54, 1.807) is 31.2 Å². The van der Waals surface area contributed by atoms with Gasteiger partial charge in [-0.15, -0.1) is 0 Å². The lowest BCUT2D eigenvalue weighted by Gasteiger charge is -2.29. The predicted molar refractivity (Wildman–Crippen MR) is 88.4 cm³/mol. The van der Waals surface area contributed by atoms with Crippen molar-refractivity contribution in [1.82, 2.24) is 5.32 Å². The Labute approximate surface area is 143 Å². The molecule has 0 aromatic heterocycles. The largest absolute Gasteiger partial charge is 0.348 e. The van der Waals surface area contributed by atoms with Crippen LogP contribution in [0.1, 0.15) is 13.8 Å². The maximum Gasteiger partial charge on any atom is 0.258 e. The molecular weight excluding hydrogens is 349 g/mol. The first-order valence-electron chi connectivity index (χ1n) is 6.49. The second-order valence-electron chi connectivity index (χ2n) is 4.92. The minimum Gasteiger partial charge on any atom is -0.348 e. The van der Waals surface area contributed by atoms with Crippen molar-refractivity contribution < 1.29 is 9.59 Å². The van der Waals surface area contributed by atoms with Crippen molar-refractivity contribution in [1.29, 1.82) is 0 Å². The zero-order chi connectivity index (χ0) is 16.5. The number of nitrogens with zero attached hydrogens (tertiary/aromatic N) is 2. The number of benzene rings is 1. The summed E-state index contributed by atoms with van der Waals surface area (Å²) < 4.78 is -1.84. The van der Waals surface area contributed by atoms with Gasteiger partial charge in [-0.1, -0.05) is 53.0 Å². The number of para-hydroxylation sites is 1. The summed E-state index contributed by atoms with van der Waals surface area (Å²) in [6, 6.07) is 7.92. The molecule has 0 fully saturated rings. The van der Waals surface area contributed by atoms with E-state index in [9.17, 15) is 9.59 Å². The van der Waals surface area contributed by atoms with Crippen LogP contribution in [0.2, 0.25) is 0 Å². The number of hydrogen-bond acceptors (Lipinski definition) is 3. The normalized spacial score (nSPS) is 19.9. The highest BCUT2D eigenvalue weighted by molar-refractivity contribution is 6.68. The van der Waals surface area contributed by atoms with Gasteiger partial charge in [0.15, 0.2) is 0 Å². The van der Waals surface area contributed by atoms with Crippen LogP contribution in [-0.4, -0.2) is 27.4 Å². The first-order chi connectivity index (χ1) is 10.2. The van der Waals surface area contributed by atoms with Crippen molar-refractivity contribution in [2.45, 2.75) is 23.7 Å². The monoisotopic (exact) mass is 361 g/mol. The van der Waals surface area contributed by atoms with Crippen molar-refractivity contribution in [2.75, 3.05) is 5.01 Å². The second kappa shape index (κ2) is 6.44. The number of amides is 2. The Morgan fingerprint density at radius 3 is 2.41 bits per heavy atom. The summed E-state index contributed by atoms with van der Waals surface area (Å²) in [4.78, 5) is 24.0.